The van der Waals surface area contributed by atoms with Crippen LogP contribution in [0.25, 0.3) is 0 Å². The lowest BCUT2D eigenvalue weighted by Crippen LogP contribution is -2.37. The van der Waals surface area contributed by atoms with Crippen LogP contribution in [-0.4, -0.2) is 35.9 Å². The molecule has 138 valence electrons. The van der Waals surface area contributed by atoms with E-state index in [-0.39, 0.29) is 24.5 Å². The number of hydrogen-bond acceptors (Lipinski definition) is 3. The molecule has 0 unspecified atom stereocenters. The second-order valence-corrected chi connectivity index (χ2v) is 6.42. The van der Waals surface area contributed by atoms with Gasteiger partial charge >= 0.3 is 0 Å². The van der Waals surface area contributed by atoms with Crippen LogP contribution in [0.1, 0.15) is 26.3 Å². The van der Waals surface area contributed by atoms with Crippen molar-refractivity contribution in [3.63, 3.8) is 0 Å². The molecule has 0 aliphatic heterocycles. The highest BCUT2D eigenvalue weighted by atomic mass is 16.5. The number of anilines is 1. The molecular weight excluding hydrogens is 328 g/mol. The predicted molar refractivity (Wildman–Crippen MR) is 103 cm³/mol. The van der Waals surface area contributed by atoms with E-state index in [1.165, 1.54) is 6.92 Å². The number of benzene rings is 2. The summed E-state index contributed by atoms with van der Waals surface area (Å²) in [6, 6.07) is 17.1. The minimum Gasteiger partial charge on any atom is -0.491 e. The van der Waals surface area contributed by atoms with Crippen LogP contribution < -0.4 is 10.1 Å². The zero-order valence-electron chi connectivity index (χ0n) is 15.6. The molecule has 0 aliphatic carbocycles. The van der Waals surface area contributed by atoms with Gasteiger partial charge in [-0.25, -0.2) is 0 Å². The smallest absolute Gasteiger partial charge is 0.243 e. The van der Waals surface area contributed by atoms with Crippen molar-refractivity contribution in [2.24, 2.45) is 0 Å². The average molecular weight is 354 g/mol. The van der Waals surface area contributed by atoms with Gasteiger partial charge in [0.2, 0.25) is 11.8 Å². The quantitative estimate of drug-likeness (QED) is 0.789. The lowest BCUT2D eigenvalue weighted by Gasteiger charge is -2.20. The number of carbonyl (C=O) groups is 2. The second kappa shape index (κ2) is 9.61. The SMILES string of the molecule is CC(=O)N(CCc1ccccc1)CC(=O)Nc1ccc(OC(C)C)cc1. The molecule has 0 fully saturated rings. The van der Waals surface area contributed by atoms with Crippen LogP contribution in [0.5, 0.6) is 5.75 Å². The van der Waals surface area contributed by atoms with E-state index in [0.29, 0.717) is 12.2 Å². The Morgan fingerprint density at radius 1 is 1.04 bits per heavy atom. The first-order valence-electron chi connectivity index (χ1n) is 8.80. The summed E-state index contributed by atoms with van der Waals surface area (Å²) in [5.74, 6) is 0.425. The number of rotatable bonds is 8. The third-order valence-corrected chi connectivity index (χ3v) is 3.80. The molecule has 2 aromatic carbocycles. The van der Waals surface area contributed by atoms with Gasteiger partial charge in [0.15, 0.2) is 0 Å². The standard InChI is InChI=1S/C21H26N2O3/c1-16(2)26-20-11-9-19(10-12-20)22-21(25)15-23(17(3)24)14-13-18-7-5-4-6-8-18/h4-12,16H,13-15H2,1-3H3,(H,22,25). The van der Waals surface area contributed by atoms with Gasteiger partial charge in [0.25, 0.3) is 0 Å². The van der Waals surface area contributed by atoms with Crippen molar-refractivity contribution in [3.8, 4) is 5.75 Å². The van der Waals surface area contributed by atoms with E-state index in [2.05, 4.69) is 5.32 Å². The van der Waals surface area contributed by atoms with Gasteiger partial charge in [-0.1, -0.05) is 30.3 Å². The van der Waals surface area contributed by atoms with Gasteiger partial charge < -0.3 is 15.0 Å². The number of carbonyl (C=O) groups excluding carboxylic acids is 2. The third-order valence-electron chi connectivity index (χ3n) is 3.80. The minimum atomic E-state index is -0.217. The fourth-order valence-corrected chi connectivity index (χ4v) is 2.52. The first-order chi connectivity index (χ1) is 12.4. The zero-order valence-corrected chi connectivity index (χ0v) is 15.6. The summed E-state index contributed by atoms with van der Waals surface area (Å²) in [6.07, 6.45) is 0.818. The minimum absolute atomic E-state index is 0.0341. The fraction of sp³-hybridized carbons (Fsp3) is 0.333. The van der Waals surface area contributed by atoms with Crippen molar-refractivity contribution >= 4 is 17.5 Å². The lowest BCUT2D eigenvalue weighted by molar-refractivity contribution is -0.132. The molecule has 26 heavy (non-hydrogen) atoms. The van der Waals surface area contributed by atoms with Crippen LogP contribution >= 0.6 is 0 Å². The van der Waals surface area contributed by atoms with Crippen molar-refractivity contribution < 1.29 is 14.3 Å². The normalized spacial score (nSPS) is 10.5. The van der Waals surface area contributed by atoms with Gasteiger partial charge in [0, 0.05) is 19.2 Å². The summed E-state index contributed by atoms with van der Waals surface area (Å²) in [5.41, 5.74) is 1.82. The van der Waals surface area contributed by atoms with E-state index >= 15 is 0 Å². The van der Waals surface area contributed by atoms with Crippen LogP contribution in [-0.2, 0) is 16.0 Å². The summed E-state index contributed by atoms with van der Waals surface area (Å²) < 4.78 is 5.58. The molecule has 1 N–H and O–H groups in total. The molecule has 2 amide bonds. The number of hydrogen-bond donors (Lipinski definition) is 1. The maximum absolute atomic E-state index is 12.3. The third kappa shape index (κ3) is 6.59. The Hall–Kier alpha value is -2.82. The van der Waals surface area contributed by atoms with Crippen LogP contribution in [0.4, 0.5) is 5.69 Å². The Morgan fingerprint density at radius 2 is 1.69 bits per heavy atom. The molecule has 0 spiro atoms. The Bertz CT molecular complexity index is 712. The Balaban J connectivity index is 1.87. The van der Waals surface area contributed by atoms with E-state index < -0.39 is 0 Å². The first-order valence-corrected chi connectivity index (χ1v) is 8.80. The van der Waals surface area contributed by atoms with Crippen LogP contribution in [0.2, 0.25) is 0 Å². The lowest BCUT2D eigenvalue weighted by atomic mass is 10.1. The van der Waals surface area contributed by atoms with Gasteiger partial charge in [-0.05, 0) is 50.1 Å². The number of ether oxygens (including phenoxy) is 1. The van der Waals surface area contributed by atoms with Crippen molar-refractivity contribution in [1.29, 1.82) is 0 Å². The highest BCUT2D eigenvalue weighted by Crippen LogP contribution is 2.17. The Morgan fingerprint density at radius 3 is 2.27 bits per heavy atom. The van der Waals surface area contributed by atoms with Crippen LogP contribution in [0.3, 0.4) is 0 Å². The number of amides is 2. The molecule has 2 rings (SSSR count). The van der Waals surface area contributed by atoms with E-state index in [1.54, 1.807) is 17.0 Å². The number of nitrogens with zero attached hydrogens (tertiary/aromatic N) is 1. The monoisotopic (exact) mass is 354 g/mol. The molecule has 5 nitrogen and oxygen atoms in total. The Kier molecular flexibility index (Phi) is 7.21. The van der Waals surface area contributed by atoms with E-state index in [1.807, 2.05) is 56.3 Å². The molecule has 2 aromatic rings. The molecule has 0 aliphatic rings. The topological polar surface area (TPSA) is 58.6 Å². The summed E-state index contributed by atoms with van der Waals surface area (Å²) in [5, 5.41) is 2.82. The maximum Gasteiger partial charge on any atom is 0.243 e. The van der Waals surface area contributed by atoms with Crippen molar-refractivity contribution in [2.45, 2.75) is 33.3 Å². The molecule has 5 heteroatoms. The zero-order chi connectivity index (χ0) is 18.9. The van der Waals surface area contributed by atoms with E-state index in [4.69, 9.17) is 4.74 Å². The maximum atomic E-state index is 12.3. The van der Waals surface area contributed by atoms with Crippen molar-refractivity contribution in [3.05, 3.63) is 60.2 Å². The summed E-state index contributed by atoms with van der Waals surface area (Å²) >= 11 is 0. The molecule has 0 atom stereocenters. The summed E-state index contributed by atoms with van der Waals surface area (Å²) in [7, 11) is 0. The highest BCUT2D eigenvalue weighted by Gasteiger charge is 2.14. The van der Waals surface area contributed by atoms with Gasteiger partial charge in [-0.2, -0.15) is 0 Å². The molecular formula is C21H26N2O3. The molecule has 0 bridgehead atoms. The molecule has 0 heterocycles. The number of nitrogens with one attached hydrogen (secondary N) is 1. The van der Waals surface area contributed by atoms with Gasteiger partial charge in [0.1, 0.15) is 5.75 Å². The first kappa shape index (κ1) is 19.5. The molecule has 0 aromatic heterocycles. The highest BCUT2D eigenvalue weighted by molar-refractivity contribution is 5.94. The van der Waals surface area contributed by atoms with Crippen LogP contribution in [0, 0.1) is 0 Å². The Labute approximate surface area is 155 Å². The fourth-order valence-electron chi connectivity index (χ4n) is 2.52. The van der Waals surface area contributed by atoms with Crippen molar-refractivity contribution in [2.75, 3.05) is 18.4 Å². The van der Waals surface area contributed by atoms with Gasteiger partial charge in [-0.3, -0.25) is 9.59 Å². The van der Waals surface area contributed by atoms with Crippen LogP contribution in [0.15, 0.2) is 54.6 Å². The second-order valence-electron chi connectivity index (χ2n) is 6.42. The van der Waals surface area contributed by atoms with E-state index in [0.717, 1.165) is 17.7 Å². The predicted octanol–water partition coefficient (Wildman–Crippen LogP) is 3.50. The molecule has 0 saturated carbocycles. The van der Waals surface area contributed by atoms with E-state index in [9.17, 15) is 9.59 Å². The largest absolute Gasteiger partial charge is 0.491 e. The van der Waals surface area contributed by atoms with Crippen molar-refractivity contribution in [1.82, 2.24) is 4.90 Å². The van der Waals surface area contributed by atoms with Gasteiger partial charge in [-0.15, -0.1) is 0 Å². The summed E-state index contributed by atoms with van der Waals surface area (Å²) in [4.78, 5) is 25.6. The molecule has 0 saturated heterocycles. The average Bonchev–Trinajstić information content (AvgIpc) is 2.60. The van der Waals surface area contributed by atoms with Gasteiger partial charge in [0.05, 0.1) is 12.6 Å². The molecule has 0 radical (unpaired) electrons. The summed E-state index contributed by atoms with van der Waals surface area (Å²) in [6.45, 7) is 5.94.